The molecule has 0 spiro atoms. The third-order valence-corrected chi connectivity index (χ3v) is 4.34. The molecule has 1 N–H and O–H groups in total. The van der Waals surface area contributed by atoms with E-state index in [1.165, 1.54) is 11.8 Å². The van der Waals surface area contributed by atoms with Gasteiger partial charge in [-0.1, -0.05) is 42.1 Å². The summed E-state index contributed by atoms with van der Waals surface area (Å²) in [5.74, 6) is -0.189. The van der Waals surface area contributed by atoms with E-state index in [0.717, 1.165) is 36.1 Å². The SMILES string of the molecule is O=C(CSc1nc2c(c(=O)[nH]1)CCC2)OCc1ccccc1. The molecule has 1 aromatic heterocycles. The summed E-state index contributed by atoms with van der Waals surface area (Å²) in [6, 6.07) is 9.52. The Labute approximate surface area is 132 Å². The fraction of sp³-hybridized carbons (Fsp3) is 0.312. The summed E-state index contributed by atoms with van der Waals surface area (Å²) in [4.78, 5) is 30.7. The van der Waals surface area contributed by atoms with E-state index in [0.29, 0.717) is 5.16 Å². The topological polar surface area (TPSA) is 72.0 Å². The molecular weight excluding hydrogens is 300 g/mol. The highest BCUT2D eigenvalue weighted by Gasteiger charge is 2.17. The van der Waals surface area contributed by atoms with Crippen molar-refractivity contribution in [3.63, 3.8) is 0 Å². The average molecular weight is 316 g/mol. The lowest BCUT2D eigenvalue weighted by Crippen LogP contribution is -2.16. The van der Waals surface area contributed by atoms with Crippen LogP contribution in [0, 0.1) is 0 Å². The fourth-order valence-electron chi connectivity index (χ4n) is 2.39. The number of carbonyl (C=O) groups is 1. The quantitative estimate of drug-likeness (QED) is 0.519. The molecule has 0 aliphatic heterocycles. The number of hydrogen-bond donors (Lipinski definition) is 1. The second-order valence-electron chi connectivity index (χ2n) is 5.08. The number of hydrogen-bond acceptors (Lipinski definition) is 5. The summed E-state index contributed by atoms with van der Waals surface area (Å²) < 4.78 is 5.19. The van der Waals surface area contributed by atoms with Crippen molar-refractivity contribution in [2.45, 2.75) is 31.0 Å². The third-order valence-electron chi connectivity index (χ3n) is 3.49. The molecule has 1 aromatic carbocycles. The molecule has 2 aromatic rings. The maximum Gasteiger partial charge on any atom is 0.316 e. The number of nitrogens with zero attached hydrogens (tertiary/aromatic N) is 1. The van der Waals surface area contributed by atoms with Crippen molar-refractivity contribution in [3.8, 4) is 0 Å². The van der Waals surface area contributed by atoms with Crippen molar-refractivity contribution < 1.29 is 9.53 Å². The number of aromatic nitrogens is 2. The van der Waals surface area contributed by atoms with Gasteiger partial charge in [-0.05, 0) is 24.8 Å². The number of aryl methyl sites for hydroxylation is 1. The Hall–Kier alpha value is -2.08. The van der Waals surface area contributed by atoms with Gasteiger partial charge in [0, 0.05) is 5.56 Å². The highest BCUT2D eigenvalue weighted by atomic mass is 32.2. The average Bonchev–Trinajstić information content (AvgIpc) is 3.01. The highest BCUT2D eigenvalue weighted by molar-refractivity contribution is 7.99. The van der Waals surface area contributed by atoms with Gasteiger partial charge in [0.15, 0.2) is 5.16 Å². The number of esters is 1. The van der Waals surface area contributed by atoms with E-state index in [2.05, 4.69) is 9.97 Å². The van der Waals surface area contributed by atoms with Crippen LogP contribution in [0.25, 0.3) is 0 Å². The monoisotopic (exact) mass is 316 g/mol. The summed E-state index contributed by atoms with van der Waals surface area (Å²) in [6.07, 6.45) is 2.60. The van der Waals surface area contributed by atoms with Crippen LogP contribution in [-0.4, -0.2) is 21.7 Å². The second kappa shape index (κ2) is 6.79. The van der Waals surface area contributed by atoms with E-state index in [9.17, 15) is 9.59 Å². The Morgan fingerprint density at radius 3 is 2.91 bits per heavy atom. The Morgan fingerprint density at radius 2 is 2.09 bits per heavy atom. The summed E-state index contributed by atoms with van der Waals surface area (Å²) in [5, 5.41) is 0.488. The number of rotatable bonds is 5. The van der Waals surface area contributed by atoms with Crippen LogP contribution in [0.4, 0.5) is 0 Å². The zero-order chi connectivity index (χ0) is 15.4. The Kier molecular flexibility index (Phi) is 4.58. The molecule has 1 aliphatic rings. The van der Waals surface area contributed by atoms with Crippen LogP contribution in [-0.2, 0) is 29.0 Å². The maximum atomic E-state index is 11.9. The van der Waals surface area contributed by atoms with Crippen molar-refractivity contribution >= 4 is 17.7 Å². The Morgan fingerprint density at radius 1 is 1.27 bits per heavy atom. The van der Waals surface area contributed by atoms with Gasteiger partial charge in [-0.25, -0.2) is 4.98 Å². The van der Waals surface area contributed by atoms with Crippen LogP contribution >= 0.6 is 11.8 Å². The third kappa shape index (κ3) is 3.57. The van der Waals surface area contributed by atoms with Crippen LogP contribution in [0.5, 0.6) is 0 Å². The summed E-state index contributed by atoms with van der Waals surface area (Å²) in [7, 11) is 0. The van der Waals surface area contributed by atoms with Gasteiger partial charge < -0.3 is 9.72 Å². The Balaban J connectivity index is 1.53. The van der Waals surface area contributed by atoms with Crippen LogP contribution in [0.1, 0.15) is 23.2 Å². The van der Waals surface area contributed by atoms with Crippen molar-refractivity contribution in [3.05, 3.63) is 57.5 Å². The van der Waals surface area contributed by atoms with E-state index in [-0.39, 0.29) is 23.9 Å². The molecule has 3 rings (SSSR count). The highest BCUT2D eigenvalue weighted by Crippen LogP contribution is 2.19. The van der Waals surface area contributed by atoms with E-state index >= 15 is 0 Å². The number of benzene rings is 1. The summed E-state index contributed by atoms with van der Waals surface area (Å²) in [6.45, 7) is 0.258. The summed E-state index contributed by atoms with van der Waals surface area (Å²) >= 11 is 1.20. The lowest BCUT2D eigenvalue weighted by atomic mass is 10.2. The molecule has 6 heteroatoms. The molecule has 1 heterocycles. The van der Waals surface area contributed by atoms with Gasteiger partial charge in [0.25, 0.3) is 5.56 Å². The first kappa shape index (κ1) is 14.8. The molecule has 22 heavy (non-hydrogen) atoms. The van der Waals surface area contributed by atoms with Crippen LogP contribution in [0.3, 0.4) is 0 Å². The van der Waals surface area contributed by atoms with Crippen molar-refractivity contribution in [1.29, 1.82) is 0 Å². The molecular formula is C16H16N2O3S. The number of thioether (sulfide) groups is 1. The Bertz CT molecular complexity index is 728. The van der Waals surface area contributed by atoms with Gasteiger partial charge in [-0.3, -0.25) is 9.59 Å². The summed E-state index contributed by atoms with van der Waals surface area (Å²) in [5.41, 5.74) is 2.52. The number of fused-ring (bicyclic) bond motifs is 1. The minimum absolute atomic E-state index is 0.0809. The van der Waals surface area contributed by atoms with E-state index in [4.69, 9.17) is 4.74 Å². The molecule has 0 unspecified atom stereocenters. The van der Waals surface area contributed by atoms with Gasteiger partial charge in [-0.15, -0.1) is 0 Å². The number of H-pyrrole nitrogens is 1. The molecule has 0 fully saturated rings. The zero-order valence-electron chi connectivity index (χ0n) is 12.0. The van der Waals surface area contributed by atoms with Gasteiger partial charge in [0.1, 0.15) is 6.61 Å². The van der Waals surface area contributed by atoms with Gasteiger partial charge in [-0.2, -0.15) is 0 Å². The number of carbonyl (C=O) groups excluding carboxylic acids is 1. The maximum absolute atomic E-state index is 11.9. The van der Waals surface area contributed by atoms with Crippen LogP contribution < -0.4 is 5.56 Å². The molecule has 0 bridgehead atoms. The molecule has 5 nitrogen and oxygen atoms in total. The second-order valence-corrected chi connectivity index (χ2v) is 6.05. The number of aromatic amines is 1. The van der Waals surface area contributed by atoms with Gasteiger partial charge in [0.2, 0.25) is 0 Å². The molecule has 0 saturated carbocycles. The molecule has 0 atom stereocenters. The van der Waals surface area contributed by atoms with Gasteiger partial charge in [0.05, 0.1) is 11.4 Å². The number of ether oxygens (including phenoxy) is 1. The van der Waals surface area contributed by atoms with E-state index < -0.39 is 0 Å². The van der Waals surface area contributed by atoms with Crippen LogP contribution in [0.2, 0.25) is 0 Å². The first-order valence-corrected chi connectivity index (χ1v) is 8.15. The lowest BCUT2D eigenvalue weighted by molar-refractivity contribution is -0.141. The molecule has 1 aliphatic carbocycles. The van der Waals surface area contributed by atoms with Crippen molar-refractivity contribution in [1.82, 2.24) is 9.97 Å². The van der Waals surface area contributed by atoms with Gasteiger partial charge >= 0.3 is 5.97 Å². The number of nitrogens with one attached hydrogen (secondary N) is 1. The first-order chi connectivity index (χ1) is 10.7. The fourth-order valence-corrected chi connectivity index (χ4v) is 3.07. The largest absolute Gasteiger partial charge is 0.460 e. The minimum atomic E-state index is -0.322. The van der Waals surface area contributed by atoms with Crippen molar-refractivity contribution in [2.75, 3.05) is 5.75 Å². The van der Waals surface area contributed by atoms with E-state index in [1.807, 2.05) is 30.3 Å². The molecule has 0 radical (unpaired) electrons. The lowest BCUT2D eigenvalue weighted by Gasteiger charge is -2.05. The smallest absolute Gasteiger partial charge is 0.316 e. The first-order valence-electron chi connectivity index (χ1n) is 7.17. The van der Waals surface area contributed by atoms with E-state index in [1.54, 1.807) is 0 Å². The van der Waals surface area contributed by atoms with Crippen LogP contribution in [0.15, 0.2) is 40.3 Å². The zero-order valence-corrected chi connectivity index (χ0v) is 12.8. The molecule has 114 valence electrons. The van der Waals surface area contributed by atoms with Crippen molar-refractivity contribution in [2.24, 2.45) is 0 Å². The molecule has 0 saturated heterocycles. The molecule has 0 amide bonds. The standard InChI is InChI=1S/C16H16N2O3S/c19-14(21-9-11-5-2-1-3-6-11)10-22-16-17-13-8-4-7-12(13)15(20)18-16/h1-3,5-6H,4,7-10H2,(H,17,18,20). The minimum Gasteiger partial charge on any atom is -0.460 e. The predicted octanol–water partition coefficient (Wildman–Crippen LogP) is 2.09. The normalized spacial score (nSPS) is 12.9. The predicted molar refractivity (Wildman–Crippen MR) is 83.8 cm³/mol.